The third-order valence-electron chi connectivity index (χ3n) is 2.95. The van der Waals surface area contributed by atoms with E-state index in [0.717, 1.165) is 0 Å². The van der Waals surface area contributed by atoms with Gasteiger partial charge < -0.3 is 0 Å². The van der Waals surface area contributed by atoms with Crippen LogP contribution >= 0.6 is 47.0 Å². The van der Waals surface area contributed by atoms with Crippen LogP contribution in [0.3, 0.4) is 0 Å². The molecule has 4 heteroatoms. The molecular weight excluding hydrogens is 308 g/mol. The van der Waals surface area contributed by atoms with E-state index >= 15 is 0 Å². The third kappa shape index (κ3) is 6.74. The van der Waals surface area contributed by atoms with Crippen molar-refractivity contribution in [2.45, 2.75) is 17.9 Å². The maximum Gasteiger partial charge on any atom is 0.0187 e. The maximum absolute atomic E-state index is 2.31. The van der Waals surface area contributed by atoms with Crippen LogP contribution in [-0.4, -0.2) is 34.5 Å². The smallest absolute Gasteiger partial charge is 0.0187 e. The van der Waals surface area contributed by atoms with Gasteiger partial charge in [-0.05, 0) is 29.1 Å². The molecule has 0 fully saturated rings. The zero-order chi connectivity index (χ0) is 13.2. The Morgan fingerprint density at radius 2 is 1.05 bits per heavy atom. The van der Waals surface area contributed by atoms with E-state index in [1.807, 2.05) is 0 Å². The van der Waals surface area contributed by atoms with Crippen LogP contribution in [0, 0.1) is 0 Å². The Morgan fingerprint density at radius 1 is 0.579 bits per heavy atom. The molecule has 0 amide bonds. The molecule has 0 atom stereocenters. The normalized spacial score (nSPS) is 20.0. The van der Waals surface area contributed by atoms with Crippen LogP contribution in [0.1, 0.15) is 17.5 Å². The summed E-state index contributed by atoms with van der Waals surface area (Å²) < 4.78 is 0. The predicted octanol–water partition coefficient (Wildman–Crippen LogP) is 5.02. The minimum absolute atomic E-state index is 1.19. The van der Waals surface area contributed by atoms with Crippen molar-refractivity contribution in [3.05, 3.63) is 35.4 Å². The summed E-state index contributed by atoms with van der Waals surface area (Å²) in [4.78, 5) is 0. The topological polar surface area (TPSA) is 0 Å². The van der Waals surface area contributed by atoms with Crippen LogP contribution < -0.4 is 0 Å². The van der Waals surface area contributed by atoms with Gasteiger partial charge in [-0.25, -0.2) is 0 Å². The van der Waals surface area contributed by atoms with Crippen LogP contribution in [0.4, 0.5) is 0 Å². The molecule has 0 aromatic heterocycles. The highest BCUT2D eigenvalue weighted by atomic mass is 32.2. The highest BCUT2D eigenvalue weighted by molar-refractivity contribution is 8.03. The average Bonchev–Trinajstić information content (AvgIpc) is 2.45. The lowest BCUT2D eigenvalue weighted by Gasteiger charge is -2.09. The van der Waals surface area contributed by atoms with Gasteiger partial charge in [0.2, 0.25) is 0 Å². The Morgan fingerprint density at radius 3 is 1.58 bits per heavy atom. The molecule has 0 spiro atoms. The van der Waals surface area contributed by atoms with Crippen molar-refractivity contribution in [3.63, 3.8) is 0 Å². The maximum atomic E-state index is 2.31. The highest BCUT2D eigenvalue weighted by Crippen LogP contribution is 2.23. The van der Waals surface area contributed by atoms with Crippen molar-refractivity contribution in [2.24, 2.45) is 0 Å². The van der Waals surface area contributed by atoms with Crippen LogP contribution in [0.15, 0.2) is 24.3 Å². The van der Waals surface area contributed by atoms with Crippen molar-refractivity contribution in [1.29, 1.82) is 0 Å². The van der Waals surface area contributed by atoms with E-state index < -0.39 is 0 Å². The number of fused-ring (bicyclic) bond motifs is 1. The molecule has 0 N–H and O–H groups in total. The van der Waals surface area contributed by atoms with Crippen molar-refractivity contribution >= 4 is 47.0 Å². The molecule has 1 heterocycles. The minimum atomic E-state index is 1.19. The minimum Gasteiger partial charge on any atom is -0.161 e. The van der Waals surface area contributed by atoms with Crippen molar-refractivity contribution < 1.29 is 0 Å². The molecule has 0 saturated carbocycles. The number of benzene rings is 1. The van der Waals surface area contributed by atoms with Crippen LogP contribution in [0.2, 0.25) is 0 Å². The van der Waals surface area contributed by atoms with E-state index in [1.54, 1.807) is 11.1 Å². The van der Waals surface area contributed by atoms with E-state index in [0.29, 0.717) is 0 Å². The number of thioether (sulfide) groups is 4. The van der Waals surface area contributed by atoms with Gasteiger partial charge in [0.15, 0.2) is 0 Å². The second kappa shape index (κ2) is 10.4. The molecule has 19 heavy (non-hydrogen) atoms. The Kier molecular flexibility index (Phi) is 8.72. The molecule has 1 aromatic carbocycles. The van der Waals surface area contributed by atoms with E-state index in [2.05, 4.69) is 71.3 Å². The quantitative estimate of drug-likeness (QED) is 0.654. The van der Waals surface area contributed by atoms with Gasteiger partial charge in [-0.15, -0.1) is 0 Å². The van der Waals surface area contributed by atoms with E-state index in [9.17, 15) is 0 Å². The number of hydrogen-bond donors (Lipinski definition) is 0. The fourth-order valence-corrected chi connectivity index (χ4v) is 6.37. The van der Waals surface area contributed by atoms with Gasteiger partial charge in [-0.3, -0.25) is 0 Å². The van der Waals surface area contributed by atoms with Gasteiger partial charge in [-0.2, -0.15) is 47.0 Å². The van der Waals surface area contributed by atoms with Crippen molar-refractivity contribution in [3.8, 4) is 0 Å². The average molecular weight is 331 g/mol. The first-order valence-corrected chi connectivity index (χ1v) is 11.5. The largest absolute Gasteiger partial charge is 0.161 e. The lowest BCUT2D eigenvalue weighted by molar-refractivity contribution is 1.12. The molecule has 1 aromatic rings. The van der Waals surface area contributed by atoms with Gasteiger partial charge in [0.1, 0.15) is 0 Å². The molecule has 0 nitrogen and oxygen atoms in total. The Hall–Kier alpha value is 0.620. The molecule has 0 saturated heterocycles. The van der Waals surface area contributed by atoms with E-state index in [1.165, 1.54) is 52.4 Å². The van der Waals surface area contributed by atoms with Crippen LogP contribution in [0.25, 0.3) is 0 Å². The summed E-state index contributed by atoms with van der Waals surface area (Å²) in [6.45, 7) is 0. The molecule has 1 aliphatic rings. The monoisotopic (exact) mass is 330 g/mol. The number of rotatable bonds is 0. The van der Waals surface area contributed by atoms with Gasteiger partial charge in [-0.1, -0.05) is 24.3 Å². The molecule has 0 aliphatic carbocycles. The zero-order valence-electron chi connectivity index (χ0n) is 11.3. The van der Waals surface area contributed by atoms with E-state index in [4.69, 9.17) is 0 Å². The lowest BCUT2D eigenvalue weighted by Crippen LogP contribution is -1.93. The fraction of sp³-hybridized carbons (Fsp3) is 0.600. The van der Waals surface area contributed by atoms with Gasteiger partial charge >= 0.3 is 0 Å². The standard InChI is InChI=1S/C15H22S4/c1-2-5-15-13-19-11-9-17-7-3-6-16-8-10-18-12-14(15)4-1/h1-2,4-5H,3,6-13H2. The Labute approximate surface area is 134 Å². The lowest BCUT2D eigenvalue weighted by atomic mass is 10.1. The van der Waals surface area contributed by atoms with Crippen molar-refractivity contribution in [1.82, 2.24) is 0 Å². The van der Waals surface area contributed by atoms with E-state index in [-0.39, 0.29) is 0 Å². The highest BCUT2D eigenvalue weighted by Gasteiger charge is 2.03. The molecule has 0 radical (unpaired) electrons. The predicted molar refractivity (Wildman–Crippen MR) is 98.0 cm³/mol. The fourth-order valence-electron chi connectivity index (χ4n) is 1.91. The summed E-state index contributed by atoms with van der Waals surface area (Å²) in [5.74, 6) is 10.3. The van der Waals surface area contributed by atoms with Crippen LogP contribution in [-0.2, 0) is 11.5 Å². The molecule has 1 aliphatic heterocycles. The van der Waals surface area contributed by atoms with Gasteiger partial charge in [0.25, 0.3) is 0 Å². The summed E-state index contributed by atoms with van der Waals surface area (Å²) >= 11 is 8.44. The summed E-state index contributed by atoms with van der Waals surface area (Å²) in [6, 6.07) is 8.98. The SMILES string of the molecule is c1ccc2c(c1)CSCCSCCCSCCSC2. The molecule has 0 unspecified atom stereocenters. The molecule has 106 valence electrons. The Bertz CT molecular complexity index is 321. The molecule has 0 bridgehead atoms. The summed E-state index contributed by atoms with van der Waals surface area (Å²) in [7, 11) is 0. The first-order chi connectivity index (χ1) is 9.47. The Balaban J connectivity index is 1.87. The molecule has 2 rings (SSSR count). The summed E-state index contributed by atoms with van der Waals surface area (Å²) in [5, 5.41) is 0. The van der Waals surface area contributed by atoms with Crippen LogP contribution in [0.5, 0.6) is 0 Å². The van der Waals surface area contributed by atoms with Gasteiger partial charge in [0, 0.05) is 34.5 Å². The molecular formula is C15H22S4. The summed E-state index contributed by atoms with van der Waals surface area (Å²) in [5.41, 5.74) is 3.10. The number of hydrogen-bond acceptors (Lipinski definition) is 4. The third-order valence-corrected chi connectivity index (χ3v) is 7.63. The first-order valence-electron chi connectivity index (χ1n) is 6.84. The zero-order valence-corrected chi connectivity index (χ0v) is 14.6. The van der Waals surface area contributed by atoms with Crippen molar-refractivity contribution in [2.75, 3.05) is 34.5 Å². The second-order valence-corrected chi connectivity index (χ2v) is 9.11. The first kappa shape index (κ1) is 16.0. The second-order valence-electron chi connectivity index (χ2n) is 4.45. The van der Waals surface area contributed by atoms with Gasteiger partial charge in [0.05, 0.1) is 0 Å². The summed E-state index contributed by atoms with van der Waals surface area (Å²) in [6.07, 6.45) is 1.38.